The number of carbonyl (C=O) groups is 1. The molecular formula is C23H17F4N3O2. The van der Waals surface area contributed by atoms with Gasteiger partial charge in [0.15, 0.2) is 11.5 Å². The molecule has 2 N–H and O–H groups in total. The van der Waals surface area contributed by atoms with Gasteiger partial charge in [-0.1, -0.05) is 12.1 Å². The van der Waals surface area contributed by atoms with Crippen molar-refractivity contribution in [3.63, 3.8) is 0 Å². The lowest BCUT2D eigenvalue weighted by atomic mass is 10.1. The number of alkyl halides is 3. The number of H-pyrrole nitrogens is 1. The summed E-state index contributed by atoms with van der Waals surface area (Å²) < 4.78 is 57.5. The van der Waals surface area contributed by atoms with Gasteiger partial charge in [-0.25, -0.2) is 9.37 Å². The second kappa shape index (κ2) is 8.70. The molecule has 2 aromatic heterocycles. The number of halogens is 4. The maximum Gasteiger partial charge on any atom is 0.416 e. The maximum atomic E-state index is 13.8. The molecule has 4 aromatic rings. The Labute approximate surface area is 180 Å². The zero-order chi connectivity index (χ0) is 22.7. The number of nitrogens with one attached hydrogen (secondary N) is 2. The summed E-state index contributed by atoms with van der Waals surface area (Å²) in [5, 5.41) is 3.28. The van der Waals surface area contributed by atoms with Gasteiger partial charge in [0.25, 0.3) is 5.91 Å². The fourth-order valence-corrected chi connectivity index (χ4v) is 3.17. The number of benzene rings is 2. The predicted molar refractivity (Wildman–Crippen MR) is 111 cm³/mol. The summed E-state index contributed by atoms with van der Waals surface area (Å²) >= 11 is 0. The van der Waals surface area contributed by atoms with E-state index in [1.54, 1.807) is 24.4 Å². The minimum absolute atomic E-state index is 0.252. The first-order valence-corrected chi connectivity index (χ1v) is 9.63. The van der Waals surface area contributed by atoms with Gasteiger partial charge in [-0.15, -0.1) is 0 Å². The number of hydrogen-bond acceptors (Lipinski definition) is 3. The Morgan fingerprint density at radius 1 is 1.09 bits per heavy atom. The van der Waals surface area contributed by atoms with Crippen LogP contribution in [-0.4, -0.2) is 22.5 Å². The molecule has 32 heavy (non-hydrogen) atoms. The third-order valence-corrected chi connectivity index (χ3v) is 4.82. The van der Waals surface area contributed by atoms with Crippen LogP contribution in [0, 0.1) is 5.82 Å². The molecule has 0 unspecified atom stereocenters. The normalized spacial score (nSPS) is 11.5. The second-order valence-electron chi connectivity index (χ2n) is 6.99. The lowest BCUT2D eigenvalue weighted by Crippen LogP contribution is -2.15. The molecule has 0 spiro atoms. The smallest absolute Gasteiger partial charge is 0.416 e. The van der Waals surface area contributed by atoms with Gasteiger partial charge in [-0.05, 0) is 48.0 Å². The van der Waals surface area contributed by atoms with Crippen LogP contribution in [-0.2, 0) is 12.6 Å². The molecule has 9 heteroatoms. The summed E-state index contributed by atoms with van der Waals surface area (Å²) in [5.41, 5.74) is 0.872. The van der Waals surface area contributed by atoms with E-state index in [0.717, 1.165) is 23.7 Å². The number of pyridine rings is 1. The van der Waals surface area contributed by atoms with E-state index in [9.17, 15) is 22.4 Å². The summed E-state index contributed by atoms with van der Waals surface area (Å²) in [6.07, 6.45) is -1.03. The molecule has 1 amide bonds. The highest BCUT2D eigenvalue weighted by Gasteiger charge is 2.29. The number of carbonyl (C=O) groups excluding carboxylic acids is 1. The van der Waals surface area contributed by atoms with E-state index in [1.165, 1.54) is 24.4 Å². The van der Waals surface area contributed by atoms with E-state index >= 15 is 0 Å². The zero-order valence-corrected chi connectivity index (χ0v) is 16.5. The first-order valence-electron chi connectivity index (χ1n) is 9.63. The number of hydrogen-bond donors (Lipinski definition) is 2. The predicted octanol–water partition coefficient (Wildman–Crippen LogP) is 5.59. The summed E-state index contributed by atoms with van der Waals surface area (Å²) in [7, 11) is 0. The van der Waals surface area contributed by atoms with Crippen LogP contribution in [0.1, 0.15) is 21.6 Å². The fourth-order valence-electron chi connectivity index (χ4n) is 3.17. The standard InChI is InChI=1S/C23H17F4N3O2/c24-18-2-1-10-28-21(18)22(31)30-20-13-29-19-8-7-16(12-17(19)20)32-11-9-14-3-5-15(6-4-14)23(25,26)27/h1-8,10,12-13,29H,9,11H2,(H,30,31). The average molecular weight is 443 g/mol. The Bertz CT molecular complexity index is 1250. The number of ether oxygens (including phenoxy) is 1. The van der Waals surface area contributed by atoms with Crippen molar-refractivity contribution >= 4 is 22.5 Å². The number of anilines is 1. The number of aromatic amines is 1. The fraction of sp³-hybridized carbons (Fsp3) is 0.130. The lowest BCUT2D eigenvalue weighted by Gasteiger charge is -2.09. The van der Waals surface area contributed by atoms with E-state index in [2.05, 4.69) is 15.3 Å². The van der Waals surface area contributed by atoms with Crippen LogP contribution in [0.15, 0.2) is 67.0 Å². The molecule has 0 saturated heterocycles. The van der Waals surface area contributed by atoms with Crippen LogP contribution < -0.4 is 10.1 Å². The highest BCUT2D eigenvalue weighted by Crippen LogP contribution is 2.30. The van der Waals surface area contributed by atoms with Crippen LogP contribution in [0.3, 0.4) is 0 Å². The molecule has 164 valence electrons. The highest BCUT2D eigenvalue weighted by atomic mass is 19.4. The first kappa shape index (κ1) is 21.4. The quantitative estimate of drug-likeness (QED) is 0.382. The van der Waals surface area contributed by atoms with Crippen molar-refractivity contribution in [1.29, 1.82) is 0 Å². The third-order valence-electron chi connectivity index (χ3n) is 4.82. The molecule has 4 rings (SSSR count). The van der Waals surface area contributed by atoms with Crippen LogP contribution in [0.4, 0.5) is 23.2 Å². The Morgan fingerprint density at radius 3 is 2.59 bits per heavy atom. The summed E-state index contributed by atoms with van der Waals surface area (Å²) in [6.45, 7) is 0.252. The molecule has 0 fully saturated rings. The van der Waals surface area contributed by atoms with Gasteiger partial charge in [0, 0.05) is 29.7 Å². The van der Waals surface area contributed by atoms with Crippen molar-refractivity contribution in [3.05, 3.63) is 89.6 Å². The van der Waals surface area contributed by atoms with Crippen molar-refractivity contribution in [1.82, 2.24) is 9.97 Å². The van der Waals surface area contributed by atoms with Gasteiger partial charge >= 0.3 is 6.18 Å². The van der Waals surface area contributed by atoms with Crippen molar-refractivity contribution in [2.24, 2.45) is 0 Å². The largest absolute Gasteiger partial charge is 0.493 e. The van der Waals surface area contributed by atoms with Gasteiger partial charge in [-0.2, -0.15) is 13.2 Å². The Hall–Kier alpha value is -3.88. The zero-order valence-electron chi connectivity index (χ0n) is 16.5. The van der Waals surface area contributed by atoms with Gasteiger partial charge in [0.2, 0.25) is 0 Å². The Balaban J connectivity index is 1.42. The molecule has 0 aliphatic rings. The van der Waals surface area contributed by atoms with E-state index in [0.29, 0.717) is 28.8 Å². The van der Waals surface area contributed by atoms with Crippen LogP contribution in [0.2, 0.25) is 0 Å². The van der Waals surface area contributed by atoms with Crippen LogP contribution >= 0.6 is 0 Å². The van der Waals surface area contributed by atoms with Crippen LogP contribution in [0.5, 0.6) is 5.75 Å². The molecular weight excluding hydrogens is 426 g/mol. The van der Waals surface area contributed by atoms with Crippen LogP contribution in [0.25, 0.3) is 10.9 Å². The summed E-state index contributed by atoms with van der Waals surface area (Å²) in [4.78, 5) is 19.1. The topological polar surface area (TPSA) is 67.0 Å². The van der Waals surface area contributed by atoms with E-state index < -0.39 is 23.5 Å². The summed E-state index contributed by atoms with van der Waals surface area (Å²) in [6, 6.07) is 12.7. The SMILES string of the molecule is O=C(Nc1c[nH]c2ccc(OCCc3ccc(C(F)(F)F)cc3)cc12)c1ncccc1F. The van der Waals surface area contributed by atoms with E-state index in [-0.39, 0.29) is 12.3 Å². The number of rotatable bonds is 6. The molecule has 0 radical (unpaired) electrons. The van der Waals surface area contributed by atoms with E-state index in [1.807, 2.05) is 0 Å². The first-order chi connectivity index (χ1) is 15.3. The van der Waals surface area contributed by atoms with Crippen molar-refractivity contribution < 1.29 is 27.1 Å². The van der Waals surface area contributed by atoms with Gasteiger partial charge in [0.05, 0.1) is 17.9 Å². The molecule has 0 atom stereocenters. The number of amides is 1. The molecule has 0 bridgehead atoms. The molecule has 5 nitrogen and oxygen atoms in total. The van der Waals surface area contributed by atoms with Crippen molar-refractivity contribution in [2.75, 3.05) is 11.9 Å². The van der Waals surface area contributed by atoms with Crippen molar-refractivity contribution in [3.8, 4) is 5.75 Å². The van der Waals surface area contributed by atoms with Gasteiger partial charge < -0.3 is 15.0 Å². The number of aromatic nitrogens is 2. The molecule has 2 aromatic carbocycles. The van der Waals surface area contributed by atoms with Crippen molar-refractivity contribution in [2.45, 2.75) is 12.6 Å². The Kier molecular flexibility index (Phi) is 5.81. The molecule has 0 aliphatic carbocycles. The Morgan fingerprint density at radius 2 is 1.88 bits per heavy atom. The molecule has 0 aliphatic heterocycles. The van der Waals surface area contributed by atoms with E-state index in [4.69, 9.17) is 4.74 Å². The lowest BCUT2D eigenvalue weighted by molar-refractivity contribution is -0.137. The molecule has 0 saturated carbocycles. The minimum Gasteiger partial charge on any atom is -0.493 e. The minimum atomic E-state index is -4.36. The highest BCUT2D eigenvalue weighted by molar-refractivity contribution is 6.08. The van der Waals surface area contributed by atoms with Gasteiger partial charge in [0.1, 0.15) is 5.75 Å². The van der Waals surface area contributed by atoms with Gasteiger partial charge in [-0.3, -0.25) is 4.79 Å². The number of fused-ring (bicyclic) bond motifs is 1. The average Bonchev–Trinajstić information content (AvgIpc) is 3.16. The second-order valence-corrected chi connectivity index (χ2v) is 6.99. The summed E-state index contributed by atoms with van der Waals surface area (Å²) in [5.74, 6) is -0.890. The maximum absolute atomic E-state index is 13.8. The monoisotopic (exact) mass is 443 g/mol. The molecule has 2 heterocycles. The third kappa shape index (κ3) is 4.72. The number of nitrogens with zero attached hydrogens (tertiary/aromatic N) is 1.